The highest BCUT2D eigenvalue weighted by Gasteiger charge is 2.54. The molecule has 0 aromatic heterocycles. The molecule has 0 heterocycles. The minimum Gasteiger partial charge on any atom is -0.479 e. The average molecular weight is 239 g/mol. The van der Waals surface area contributed by atoms with Gasteiger partial charge in [0, 0.05) is 6.04 Å². The van der Waals surface area contributed by atoms with Gasteiger partial charge < -0.3 is 10.0 Å². The summed E-state index contributed by atoms with van der Waals surface area (Å²) in [5, 5.41) is 9.62. The van der Waals surface area contributed by atoms with E-state index in [1.54, 1.807) is 4.90 Å². The predicted molar refractivity (Wildman–Crippen MR) is 63.5 cm³/mol. The molecule has 2 aliphatic carbocycles. The summed E-state index contributed by atoms with van der Waals surface area (Å²) in [4.78, 5) is 24.6. The number of carbonyl (C=O) groups is 2. The van der Waals surface area contributed by atoms with Crippen molar-refractivity contribution in [1.82, 2.24) is 4.90 Å². The third-order valence-electron chi connectivity index (χ3n) is 4.47. The van der Waals surface area contributed by atoms with Gasteiger partial charge in [0.25, 0.3) is 0 Å². The molecule has 4 heteroatoms. The lowest BCUT2D eigenvalue weighted by molar-refractivity contribution is -0.163. The molecule has 0 saturated heterocycles. The van der Waals surface area contributed by atoms with Crippen molar-refractivity contribution in [1.29, 1.82) is 0 Å². The molecule has 4 nitrogen and oxygen atoms in total. The predicted octanol–water partition coefficient (Wildman–Crippen LogP) is 1.89. The highest BCUT2D eigenvalue weighted by molar-refractivity contribution is 5.82. The number of amides is 1. The Hall–Kier alpha value is -1.06. The molecule has 0 aromatic carbocycles. The van der Waals surface area contributed by atoms with E-state index in [9.17, 15) is 14.7 Å². The quantitative estimate of drug-likeness (QED) is 0.762. The Morgan fingerprint density at radius 1 is 1.35 bits per heavy atom. The number of carboxylic acids is 1. The second-order valence-corrected chi connectivity index (χ2v) is 5.75. The Morgan fingerprint density at radius 2 is 2.00 bits per heavy atom. The lowest BCUT2D eigenvalue weighted by Gasteiger charge is -2.47. The van der Waals surface area contributed by atoms with Gasteiger partial charge >= 0.3 is 5.97 Å². The zero-order valence-electron chi connectivity index (χ0n) is 10.6. The van der Waals surface area contributed by atoms with Crippen LogP contribution in [0.1, 0.15) is 46.0 Å². The lowest BCUT2D eigenvalue weighted by Crippen LogP contribution is -2.61. The number of rotatable bonds is 4. The summed E-state index contributed by atoms with van der Waals surface area (Å²) in [6.45, 7) is 4.13. The van der Waals surface area contributed by atoms with Gasteiger partial charge in [0.15, 0.2) is 0 Å². The van der Waals surface area contributed by atoms with Gasteiger partial charge in [-0.2, -0.15) is 0 Å². The SMILES string of the molecule is CC1CCC(C(=O)O)(N(C=O)C2CC2)C(C)C1. The van der Waals surface area contributed by atoms with Gasteiger partial charge in [-0.15, -0.1) is 0 Å². The number of hydrogen-bond donors (Lipinski definition) is 1. The van der Waals surface area contributed by atoms with Crippen LogP contribution in [-0.4, -0.2) is 34.0 Å². The summed E-state index contributed by atoms with van der Waals surface area (Å²) >= 11 is 0. The topological polar surface area (TPSA) is 57.6 Å². The van der Waals surface area contributed by atoms with E-state index in [0.29, 0.717) is 12.3 Å². The molecular formula is C13H21NO3. The first-order chi connectivity index (χ1) is 8.02. The number of carboxylic acid groups (broad SMARTS) is 1. The van der Waals surface area contributed by atoms with Crippen molar-refractivity contribution in [2.24, 2.45) is 11.8 Å². The van der Waals surface area contributed by atoms with Gasteiger partial charge in [-0.1, -0.05) is 13.8 Å². The molecule has 3 unspecified atom stereocenters. The van der Waals surface area contributed by atoms with Crippen LogP contribution in [0.2, 0.25) is 0 Å². The fourth-order valence-electron chi connectivity index (χ4n) is 3.30. The molecular weight excluding hydrogens is 218 g/mol. The summed E-state index contributed by atoms with van der Waals surface area (Å²) in [6, 6.07) is 0.166. The lowest BCUT2D eigenvalue weighted by atomic mass is 9.69. The number of hydrogen-bond acceptors (Lipinski definition) is 2. The van der Waals surface area contributed by atoms with Crippen LogP contribution >= 0.6 is 0 Å². The maximum atomic E-state index is 11.7. The van der Waals surface area contributed by atoms with E-state index in [2.05, 4.69) is 6.92 Å². The van der Waals surface area contributed by atoms with E-state index in [1.165, 1.54) is 0 Å². The van der Waals surface area contributed by atoms with E-state index in [4.69, 9.17) is 0 Å². The van der Waals surface area contributed by atoms with Crippen LogP contribution in [-0.2, 0) is 9.59 Å². The maximum Gasteiger partial charge on any atom is 0.329 e. The van der Waals surface area contributed by atoms with Crippen LogP contribution < -0.4 is 0 Å². The molecule has 17 heavy (non-hydrogen) atoms. The molecule has 0 radical (unpaired) electrons. The Morgan fingerprint density at radius 3 is 2.41 bits per heavy atom. The van der Waals surface area contributed by atoms with E-state index in [1.807, 2.05) is 6.92 Å². The van der Waals surface area contributed by atoms with Crippen LogP contribution in [0.15, 0.2) is 0 Å². The second kappa shape index (κ2) is 4.31. The molecule has 2 rings (SSSR count). The molecule has 2 fully saturated rings. The molecule has 0 aliphatic heterocycles. The first-order valence-electron chi connectivity index (χ1n) is 6.49. The fourth-order valence-corrected chi connectivity index (χ4v) is 3.30. The van der Waals surface area contributed by atoms with Gasteiger partial charge in [-0.25, -0.2) is 4.79 Å². The molecule has 96 valence electrons. The fraction of sp³-hybridized carbons (Fsp3) is 0.846. The summed E-state index contributed by atoms with van der Waals surface area (Å²) in [7, 11) is 0. The molecule has 2 aliphatic rings. The smallest absolute Gasteiger partial charge is 0.329 e. The number of aliphatic carboxylic acids is 1. The summed E-state index contributed by atoms with van der Waals surface area (Å²) in [5.74, 6) is -0.226. The third-order valence-corrected chi connectivity index (χ3v) is 4.47. The Labute approximate surface area is 102 Å². The van der Waals surface area contributed by atoms with Gasteiger partial charge in [0.2, 0.25) is 6.41 Å². The standard InChI is InChI=1S/C13H21NO3/c1-9-5-6-13(12(16)17,10(2)7-9)14(8-15)11-3-4-11/h8-11H,3-7H2,1-2H3,(H,16,17). The van der Waals surface area contributed by atoms with E-state index in [0.717, 1.165) is 32.1 Å². The molecule has 0 bridgehead atoms. The molecule has 0 spiro atoms. The highest BCUT2D eigenvalue weighted by Crippen LogP contribution is 2.44. The van der Waals surface area contributed by atoms with Crippen LogP contribution in [0.5, 0.6) is 0 Å². The minimum absolute atomic E-state index is 0.0366. The van der Waals surface area contributed by atoms with Crippen LogP contribution in [0.25, 0.3) is 0 Å². The first-order valence-corrected chi connectivity index (χ1v) is 6.49. The van der Waals surface area contributed by atoms with Crippen molar-refractivity contribution >= 4 is 12.4 Å². The average Bonchev–Trinajstić information content (AvgIpc) is 3.06. The monoisotopic (exact) mass is 239 g/mol. The van der Waals surface area contributed by atoms with Crippen molar-refractivity contribution in [3.05, 3.63) is 0 Å². The number of nitrogens with zero attached hydrogens (tertiary/aromatic N) is 1. The second-order valence-electron chi connectivity index (χ2n) is 5.75. The van der Waals surface area contributed by atoms with E-state index < -0.39 is 11.5 Å². The van der Waals surface area contributed by atoms with Crippen molar-refractivity contribution in [3.63, 3.8) is 0 Å². The summed E-state index contributed by atoms with van der Waals surface area (Å²) < 4.78 is 0. The van der Waals surface area contributed by atoms with E-state index >= 15 is 0 Å². The zero-order valence-corrected chi connectivity index (χ0v) is 10.6. The van der Waals surface area contributed by atoms with Gasteiger partial charge in [0.1, 0.15) is 5.54 Å². The third kappa shape index (κ3) is 1.94. The van der Waals surface area contributed by atoms with Crippen LogP contribution in [0.3, 0.4) is 0 Å². The largest absolute Gasteiger partial charge is 0.479 e. The molecule has 3 atom stereocenters. The summed E-state index contributed by atoms with van der Waals surface area (Å²) in [6.07, 6.45) is 5.06. The number of carbonyl (C=O) groups excluding carboxylic acids is 1. The van der Waals surface area contributed by atoms with Crippen molar-refractivity contribution < 1.29 is 14.7 Å². The van der Waals surface area contributed by atoms with E-state index in [-0.39, 0.29) is 12.0 Å². The molecule has 0 aromatic rings. The zero-order chi connectivity index (χ0) is 12.6. The van der Waals surface area contributed by atoms with Gasteiger partial charge in [-0.05, 0) is 43.9 Å². The van der Waals surface area contributed by atoms with Crippen molar-refractivity contribution in [2.45, 2.75) is 57.5 Å². The van der Waals surface area contributed by atoms with Crippen molar-refractivity contribution in [3.8, 4) is 0 Å². The molecule has 1 N–H and O–H groups in total. The molecule has 2 saturated carbocycles. The Kier molecular flexibility index (Phi) is 3.15. The van der Waals surface area contributed by atoms with Gasteiger partial charge in [-0.3, -0.25) is 4.79 Å². The highest BCUT2D eigenvalue weighted by atomic mass is 16.4. The summed E-state index contributed by atoms with van der Waals surface area (Å²) in [5.41, 5.74) is -0.949. The van der Waals surface area contributed by atoms with Crippen LogP contribution in [0, 0.1) is 11.8 Å². The maximum absolute atomic E-state index is 11.7. The molecule has 1 amide bonds. The first kappa shape index (κ1) is 12.4. The van der Waals surface area contributed by atoms with Crippen molar-refractivity contribution in [2.75, 3.05) is 0 Å². The Bertz CT molecular complexity index is 327. The van der Waals surface area contributed by atoms with Crippen LogP contribution in [0.4, 0.5) is 0 Å². The minimum atomic E-state index is -0.949. The van der Waals surface area contributed by atoms with Gasteiger partial charge in [0.05, 0.1) is 0 Å². The normalized spacial score (nSPS) is 37.5. The Balaban J connectivity index is 2.30.